The molecule has 22 heavy (non-hydrogen) atoms. The molecule has 118 valence electrons. The third kappa shape index (κ3) is 2.25. The average molecular weight is 321 g/mol. The highest BCUT2D eigenvalue weighted by Gasteiger charge is 2.35. The van der Waals surface area contributed by atoms with Crippen molar-refractivity contribution in [1.82, 2.24) is 10.2 Å². The minimum absolute atomic E-state index is 0.211. The highest BCUT2D eigenvalue weighted by Crippen LogP contribution is 2.38. The van der Waals surface area contributed by atoms with Gasteiger partial charge in [0.15, 0.2) is 0 Å². The number of benzene rings is 1. The largest absolute Gasteiger partial charge is 0.487 e. The molecule has 7 heteroatoms. The Morgan fingerprint density at radius 1 is 1.32 bits per heavy atom. The van der Waals surface area contributed by atoms with Crippen molar-refractivity contribution in [2.24, 2.45) is 0 Å². The van der Waals surface area contributed by atoms with Crippen LogP contribution in [0, 0.1) is 20.8 Å². The highest BCUT2D eigenvalue weighted by atomic mass is 32.2. The minimum atomic E-state index is -3.68. The van der Waals surface area contributed by atoms with E-state index in [0.717, 1.165) is 5.56 Å². The maximum absolute atomic E-state index is 13.1. The lowest BCUT2D eigenvalue weighted by Crippen LogP contribution is -2.42. The van der Waals surface area contributed by atoms with Gasteiger partial charge in [0.25, 0.3) is 10.0 Å². The number of sulfonamides is 1. The first-order valence-electron chi connectivity index (χ1n) is 7.12. The van der Waals surface area contributed by atoms with E-state index < -0.39 is 10.0 Å². The Kier molecular flexibility index (Phi) is 3.40. The summed E-state index contributed by atoms with van der Waals surface area (Å²) >= 11 is 0. The molecular weight excluding hydrogens is 302 g/mol. The topological polar surface area (TPSA) is 75.3 Å². The van der Waals surface area contributed by atoms with Gasteiger partial charge in [-0.15, -0.1) is 0 Å². The fourth-order valence-electron chi connectivity index (χ4n) is 2.77. The quantitative estimate of drug-likeness (QED) is 0.921. The van der Waals surface area contributed by atoms with Gasteiger partial charge in [-0.25, -0.2) is 8.42 Å². The van der Waals surface area contributed by atoms with Crippen LogP contribution in [-0.2, 0) is 10.0 Å². The predicted molar refractivity (Wildman–Crippen MR) is 83.9 cm³/mol. The van der Waals surface area contributed by atoms with Crippen molar-refractivity contribution in [2.45, 2.75) is 38.7 Å². The molecule has 2 aromatic rings. The molecule has 0 saturated carbocycles. The molecule has 1 aromatic carbocycles. The molecule has 0 fully saturated rings. The molecule has 1 unspecified atom stereocenters. The van der Waals surface area contributed by atoms with Crippen LogP contribution in [0.2, 0.25) is 0 Å². The van der Waals surface area contributed by atoms with Gasteiger partial charge >= 0.3 is 0 Å². The van der Waals surface area contributed by atoms with Gasteiger partial charge in [0, 0.05) is 0 Å². The molecule has 0 saturated heterocycles. The number of anilines is 1. The number of fused-ring (bicyclic) bond motifs is 1. The van der Waals surface area contributed by atoms with Gasteiger partial charge in [-0.3, -0.25) is 9.40 Å². The number of rotatable bonds is 2. The Bertz CT molecular complexity index is 807. The molecule has 0 aliphatic carbocycles. The van der Waals surface area contributed by atoms with Crippen LogP contribution in [0.1, 0.15) is 23.9 Å². The summed E-state index contributed by atoms with van der Waals surface area (Å²) in [6.45, 7) is 7.50. The summed E-state index contributed by atoms with van der Waals surface area (Å²) in [7, 11) is -3.68. The van der Waals surface area contributed by atoms with Gasteiger partial charge in [0.2, 0.25) is 0 Å². The van der Waals surface area contributed by atoms with E-state index in [4.69, 9.17) is 4.74 Å². The minimum Gasteiger partial charge on any atom is -0.487 e. The number of hydrogen-bond acceptors (Lipinski definition) is 4. The molecule has 0 bridgehead atoms. The normalized spacial score (nSPS) is 18.0. The summed E-state index contributed by atoms with van der Waals surface area (Å²) in [5, 5.41) is 6.74. The Morgan fingerprint density at radius 2 is 2.05 bits per heavy atom. The maximum Gasteiger partial charge on any atom is 0.268 e. The Balaban J connectivity index is 2.17. The standard InChI is InChI=1S/C15H19N3O3S/c1-9-5-6-13-14(7-9)21-10(2)8-18(13)22(19,20)15-11(3)16-17-12(15)4/h5-7,10H,8H2,1-4H3,(H,16,17). The fraction of sp³-hybridized carbons (Fsp3) is 0.400. The molecular formula is C15H19N3O3S. The molecule has 0 amide bonds. The maximum atomic E-state index is 13.1. The number of aryl methyl sites for hydroxylation is 3. The van der Waals surface area contributed by atoms with Gasteiger partial charge in [0.05, 0.1) is 23.6 Å². The summed E-state index contributed by atoms with van der Waals surface area (Å²) in [5.74, 6) is 0.598. The second-order valence-corrected chi connectivity index (χ2v) is 7.50. The fourth-order valence-corrected chi connectivity index (χ4v) is 4.65. The van der Waals surface area contributed by atoms with Crippen LogP contribution in [0.3, 0.4) is 0 Å². The monoisotopic (exact) mass is 321 g/mol. The van der Waals surface area contributed by atoms with E-state index in [9.17, 15) is 8.42 Å². The van der Waals surface area contributed by atoms with Gasteiger partial charge < -0.3 is 4.74 Å². The van der Waals surface area contributed by atoms with E-state index in [-0.39, 0.29) is 17.5 Å². The van der Waals surface area contributed by atoms with Gasteiger partial charge in [-0.05, 0) is 45.4 Å². The number of aromatic amines is 1. The first kappa shape index (κ1) is 14.9. The zero-order valence-electron chi connectivity index (χ0n) is 13.0. The van der Waals surface area contributed by atoms with Crippen LogP contribution < -0.4 is 9.04 Å². The third-order valence-corrected chi connectivity index (χ3v) is 5.79. The third-order valence-electron chi connectivity index (χ3n) is 3.74. The van der Waals surface area contributed by atoms with Crippen molar-refractivity contribution in [3.8, 4) is 5.75 Å². The van der Waals surface area contributed by atoms with E-state index in [1.807, 2.05) is 26.0 Å². The second-order valence-electron chi connectivity index (χ2n) is 5.70. The van der Waals surface area contributed by atoms with Crippen molar-refractivity contribution in [3.05, 3.63) is 35.2 Å². The number of hydrogen-bond donors (Lipinski definition) is 1. The van der Waals surface area contributed by atoms with Crippen LogP contribution in [0.15, 0.2) is 23.1 Å². The van der Waals surface area contributed by atoms with Crippen molar-refractivity contribution >= 4 is 15.7 Å². The Labute approximate surface area is 130 Å². The summed E-state index contributed by atoms with van der Waals surface area (Å²) in [6.07, 6.45) is -0.211. The molecule has 6 nitrogen and oxygen atoms in total. The SMILES string of the molecule is Cc1ccc2c(c1)OC(C)CN2S(=O)(=O)c1c(C)n[nH]c1C. The molecule has 1 aliphatic heterocycles. The van der Waals surface area contributed by atoms with Gasteiger partial charge in [-0.2, -0.15) is 5.10 Å². The Hall–Kier alpha value is -2.02. The van der Waals surface area contributed by atoms with Crippen molar-refractivity contribution < 1.29 is 13.2 Å². The van der Waals surface area contributed by atoms with Crippen LogP contribution in [0.25, 0.3) is 0 Å². The number of nitrogens with one attached hydrogen (secondary N) is 1. The molecule has 3 rings (SSSR count). The lowest BCUT2D eigenvalue weighted by molar-refractivity contribution is 0.219. The van der Waals surface area contributed by atoms with Crippen molar-refractivity contribution in [3.63, 3.8) is 0 Å². The molecule has 2 heterocycles. The van der Waals surface area contributed by atoms with Crippen LogP contribution >= 0.6 is 0 Å². The summed E-state index contributed by atoms with van der Waals surface area (Å²) in [6, 6.07) is 5.54. The predicted octanol–water partition coefficient (Wildman–Crippen LogP) is 2.31. The molecule has 0 spiro atoms. The van der Waals surface area contributed by atoms with E-state index in [0.29, 0.717) is 22.8 Å². The van der Waals surface area contributed by atoms with E-state index in [2.05, 4.69) is 10.2 Å². The zero-order chi connectivity index (χ0) is 16.1. The van der Waals surface area contributed by atoms with E-state index in [1.54, 1.807) is 19.9 Å². The first-order valence-corrected chi connectivity index (χ1v) is 8.56. The van der Waals surface area contributed by atoms with E-state index in [1.165, 1.54) is 4.31 Å². The summed E-state index contributed by atoms with van der Waals surface area (Å²) in [5.41, 5.74) is 2.63. The van der Waals surface area contributed by atoms with Gasteiger partial charge in [-0.1, -0.05) is 6.07 Å². The van der Waals surface area contributed by atoms with E-state index >= 15 is 0 Å². The van der Waals surface area contributed by atoms with Crippen LogP contribution in [0.5, 0.6) is 5.75 Å². The number of ether oxygens (including phenoxy) is 1. The van der Waals surface area contributed by atoms with Crippen LogP contribution in [0.4, 0.5) is 5.69 Å². The molecule has 0 radical (unpaired) electrons. The smallest absolute Gasteiger partial charge is 0.268 e. The zero-order valence-corrected chi connectivity index (χ0v) is 13.9. The molecule has 1 N–H and O–H groups in total. The van der Waals surface area contributed by atoms with Crippen molar-refractivity contribution in [2.75, 3.05) is 10.8 Å². The van der Waals surface area contributed by atoms with Gasteiger partial charge in [0.1, 0.15) is 16.7 Å². The van der Waals surface area contributed by atoms with Crippen LogP contribution in [-0.4, -0.2) is 31.3 Å². The summed E-state index contributed by atoms with van der Waals surface area (Å²) < 4.78 is 33.4. The second kappa shape index (κ2) is 5.01. The van der Waals surface area contributed by atoms with Crippen molar-refractivity contribution in [1.29, 1.82) is 0 Å². The molecule has 1 aliphatic rings. The molecule has 1 aromatic heterocycles. The highest BCUT2D eigenvalue weighted by molar-refractivity contribution is 7.93. The lowest BCUT2D eigenvalue weighted by Gasteiger charge is -2.34. The number of H-pyrrole nitrogens is 1. The first-order chi connectivity index (χ1) is 10.3. The Morgan fingerprint density at radius 3 is 2.68 bits per heavy atom. The lowest BCUT2D eigenvalue weighted by atomic mass is 10.2. The summed E-state index contributed by atoms with van der Waals surface area (Å²) in [4.78, 5) is 0.244. The number of aromatic nitrogens is 2. The number of nitrogens with zero attached hydrogens (tertiary/aromatic N) is 2. The average Bonchev–Trinajstić information content (AvgIpc) is 2.77. The molecule has 1 atom stereocenters.